The Hall–Kier alpha value is -0.820. The smallest absolute Gasteiger partial charge is 0.0301 e. The van der Waals surface area contributed by atoms with Gasteiger partial charge < -0.3 is 5.73 Å². The minimum absolute atomic E-state index is 0.218. The molecule has 1 aromatic carbocycles. The van der Waals surface area contributed by atoms with Crippen LogP contribution in [-0.2, 0) is 5.41 Å². The lowest BCUT2D eigenvalue weighted by Crippen LogP contribution is -2.50. The molecule has 1 nitrogen and oxygen atoms in total. The molecule has 1 saturated carbocycles. The van der Waals surface area contributed by atoms with Gasteiger partial charge >= 0.3 is 0 Å². The molecule has 2 N–H and O–H groups in total. The van der Waals surface area contributed by atoms with Gasteiger partial charge in [0.15, 0.2) is 0 Å². The highest BCUT2D eigenvalue weighted by Crippen LogP contribution is 2.60. The van der Waals surface area contributed by atoms with Crippen molar-refractivity contribution in [2.24, 2.45) is 17.1 Å². The summed E-state index contributed by atoms with van der Waals surface area (Å²) in [7, 11) is 0. The standard InChI is InChI=1S/C21H33N/c1-6-20(4)10-7-11-21(5)17-9-8-15(14(2)3)12-16(17)18(22)13-19(20)21/h8-9,12,14,18-19H,6-7,10-11,13,22H2,1-5H3/t18-,19+,20-,21-/m1/s1. The monoisotopic (exact) mass is 299 g/mol. The van der Waals surface area contributed by atoms with Crippen LogP contribution >= 0.6 is 0 Å². The van der Waals surface area contributed by atoms with Gasteiger partial charge in [-0.1, -0.05) is 65.7 Å². The summed E-state index contributed by atoms with van der Waals surface area (Å²) in [6, 6.07) is 7.39. The van der Waals surface area contributed by atoms with Crippen molar-refractivity contribution < 1.29 is 0 Å². The number of nitrogens with two attached hydrogens (primary N) is 1. The molecule has 0 unspecified atom stereocenters. The van der Waals surface area contributed by atoms with E-state index < -0.39 is 0 Å². The van der Waals surface area contributed by atoms with E-state index in [4.69, 9.17) is 5.73 Å². The van der Waals surface area contributed by atoms with Crippen molar-refractivity contribution in [3.8, 4) is 0 Å². The lowest BCUT2D eigenvalue weighted by atomic mass is 9.48. The molecule has 1 heteroatoms. The van der Waals surface area contributed by atoms with Crippen LogP contribution in [0.4, 0.5) is 0 Å². The zero-order valence-corrected chi connectivity index (χ0v) is 15.1. The SMILES string of the molecule is CC[C@]1(C)CCC[C@]2(C)c3ccc(C(C)C)cc3[C@H](N)C[C@@H]12. The first kappa shape index (κ1) is 16.1. The van der Waals surface area contributed by atoms with Crippen molar-refractivity contribution in [3.63, 3.8) is 0 Å². The summed E-state index contributed by atoms with van der Waals surface area (Å²) >= 11 is 0. The van der Waals surface area contributed by atoms with Crippen LogP contribution in [0.1, 0.15) is 95.4 Å². The Balaban J connectivity index is 2.11. The molecule has 4 atom stereocenters. The van der Waals surface area contributed by atoms with Crippen LogP contribution in [0.15, 0.2) is 18.2 Å². The lowest BCUT2D eigenvalue weighted by molar-refractivity contribution is 0.0158. The Kier molecular flexibility index (Phi) is 3.92. The van der Waals surface area contributed by atoms with Crippen LogP contribution in [0.25, 0.3) is 0 Å². The van der Waals surface area contributed by atoms with Crippen molar-refractivity contribution in [2.75, 3.05) is 0 Å². The highest BCUT2D eigenvalue weighted by Gasteiger charge is 2.52. The van der Waals surface area contributed by atoms with Crippen LogP contribution in [0.2, 0.25) is 0 Å². The molecule has 1 fully saturated rings. The van der Waals surface area contributed by atoms with E-state index in [-0.39, 0.29) is 6.04 Å². The third-order valence-electron chi connectivity index (χ3n) is 7.11. The second-order valence-electron chi connectivity index (χ2n) is 8.67. The van der Waals surface area contributed by atoms with Gasteiger partial charge in [-0.15, -0.1) is 0 Å². The molecule has 0 aliphatic heterocycles. The third kappa shape index (κ3) is 2.24. The molecule has 3 rings (SSSR count). The second-order valence-corrected chi connectivity index (χ2v) is 8.67. The Bertz CT molecular complexity index is 561. The van der Waals surface area contributed by atoms with Crippen molar-refractivity contribution in [2.45, 2.75) is 84.1 Å². The molecule has 1 aromatic rings. The molecule has 22 heavy (non-hydrogen) atoms. The molecular formula is C21H33N. The van der Waals surface area contributed by atoms with E-state index >= 15 is 0 Å². The first-order chi connectivity index (χ1) is 10.3. The van der Waals surface area contributed by atoms with Crippen molar-refractivity contribution in [3.05, 3.63) is 34.9 Å². The Morgan fingerprint density at radius 3 is 2.59 bits per heavy atom. The van der Waals surface area contributed by atoms with Gasteiger partial charge in [-0.2, -0.15) is 0 Å². The summed E-state index contributed by atoms with van der Waals surface area (Å²) in [4.78, 5) is 0. The van der Waals surface area contributed by atoms with E-state index in [9.17, 15) is 0 Å². The molecule has 0 heterocycles. The molecule has 0 saturated heterocycles. The minimum atomic E-state index is 0.218. The zero-order chi connectivity index (χ0) is 16.1. The van der Waals surface area contributed by atoms with Crippen LogP contribution < -0.4 is 5.73 Å². The number of rotatable bonds is 2. The van der Waals surface area contributed by atoms with E-state index in [0.717, 1.165) is 12.3 Å². The van der Waals surface area contributed by atoms with Gasteiger partial charge in [0.05, 0.1) is 0 Å². The summed E-state index contributed by atoms with van der Waals surface area (Å²) in [6.45, 7) is 11.9. The summed E-state index contributed by atoms with van der Waals surface area (Å²) in [6.07, 6.45) is 6.50. The van der Waals surface area contributed by atoms with Crippen LogP contribution in [0, 0.1) is 11.3 Å². The maximum absolute atomic E-state index is 6.66. The van der Waals surface area contributed by atoms with Gasteiger partial charge in [0.2, 0.25) is 0 Å². The lowest BCUT2D eigenvalue weighted by Gasteiger charge is -2.56. The van der Waals surface area contributed by atoms with Gasteiger partial charge in [-0.25, -0.2) is 0 Å². The molecule has 0 bridgehead atoms. The van der Waals surface area contributed by atoms with Gasteiger partial charge in [-0.05, 0) is 58.6 Å². The van der Waals surface area contributed by atoms with Crippen LogP contribution in [-0.4, -0.2) is 0 Å². The second kappa shape index (κ2) is 5.37. The topological polar surface area (TPSA) is 26.0 Å². The predicted molar refractivity (Wildman–Crippen MR) is 95.2 cm³/mol. The minimum Gasteiger partial charge on any atom is -0.324 e. The van der Waals surface area contributed by atoms with Crippen molar-refractivity contribution in [1.29, 1.82) is 0 Å². The Morgan fingerprint density at radius 1 is 1.23 bits per heavy atom. The molecule has 0 radical (unpaired) electrons. The Morgan fingerprint density at radius 2 is 1.95 bits per heavy atom. The van der Waals surface area contributed by atoms with Crippen molar-refractivity contribution in [1.82, 2.24) is 0 Å². The highest BCUT2D eigenvalue weighted by molar-refractivity contribution is 5.44. The molecule has 2 aliphatic carbocycles. The number of fused-ring (bicyclic) bond motifs is 3. The Labute approximate surface area is 136 Å². The van der Waals surface area contributed by atoms with E-state index in [1.54, 1.807) is 5.56 Å². The number of hydrogen-bond donors (Lipinski definition) is 1. The fourth-order valence-corrected chi connectivity index (χ4v) is 5.42. The molecule has 0 aromatic heterocycles. The molecular weight excluding hydrogens is 266 g/mol. The fourth-order valence-electron chi connectivity index (χ4n) is 5.42. The molecule has 122 valence electrons. The van der Waals surface area contributed by atoms with E-state index in [2.05, 4.69) is 52.8 Å². The van der Waals surface area contributed by atoms with Gasteiger partial charge in [0.1, 0.15) is 0 Å². The number of hydrogen-bond acceptors (Lipinski definition) is 1. The maximum atomic E-state index is 6.66. The molecule has 0 spiro atoms. The fraction of sp³-hybridized carbons (Fsp3) is 0.714. The van der Waals surface area contributed by atoms with Gasteiger partial charge in [0.25, 0.3) is 0 Å². The average Bonchev–Trinajstić information content (AvgIpc) is 2.49. The number of benzene rings is 1. The quantitative estimate of drug-likeness (QED) is 0.746. The van der Waals surface area contributed by atoms with Crippen LogP contribution in [0.3, 0.4) is 0 Å². The summed E-state index contributed by atoms with van der Waals surface area (Å²) < 4.78 is 0. The highest BCUT2D eigenvalue weighted by atomic mass is 14.7. The van der Waals surface area contributed by atoms with E-state index in [1.165, 1.54) is 36.8 Å². The molecule has 2 aliphatic rings. The zero-order valence-electron chi connectivity index (χ0n) is 15.1. The first-order valence-corrected chi connectivity index (χ1v) is 9.22. The van der Waals surface area contributed by atoms with E-state index in [0.29, 0.717) is 16.7 Å². The van der Waals surface area contributed by atoms with Crippen molar-refractivity contribution >= 4 is 0 Å². The molecule has 0 amide bonds. The summed E-state index contributed by atoms with van der Waals surface area (Å²) in [5.74, 6) is 1.31. The van der Waals surface area contributed by atoms with Crippen LogP contribution in [0.5, 0.6) is 0 Å². The normalized spacial score (nSPS) is 37.8. The maximum Gasteiger partial charge on any atom is 0.0301 e. The predicted octanol–water partition coefficient (Wildman–Crippen LogP) is 5.69. The largest absolute Gasteiger partial charge is 0.324 e. The third-order valence-corrected chi connectivity index (χ3v) is 7.11. The average molecular weight is 300 g/mol. The summed E-state index contributed by atoms with van der Waals surface area (Å²) in [5, 5.41) is 0. The summed E-state index contributed by atoms with van der Waals surface area (Å²) in [5.41, 5.74) is 11.9. The first-order valence-electron chi connectivity index (χ1n) is 9.22. The van der Waals surface area contributed by atoms with Gasteiger partial charge in [-0.3, -0.25) is 0 Å². The van der Waals surface area contributed by atoms with Gasteiger partial charge in [0, 0.05) is 6.04 Å². The van der Waals surface area contributed by atoms with E-state index in [1.807, 2.05) is 0 Å².